The Bertz CT molecular complexity index is 1920. The Labute approximate surface area is 265 Å². The molecule has 46 heavy (non-hydrogen) atoms. The molecule has 8 heteroatoms. The third kappa shape index (κ3) is 5.88. The Morgan fingerprint density at radius 2 is 0.935 bits per heavy atom. The first-order valence-electron chi connectivity index (χ1n) is 14.5. The lowest BCUT2D eigenvalue weighted by molar-refractivity contribution is 0.0588. The number of phenolic OH excluding ortho intramolecular Hbond substituents is 2. The van der Waals surface area contributed by atoms with E-state index in [1.165, 1.54) is 26.4 Å². The number of hydrogen-bond donors (Lipinski definition) is 2. The largest absolute Gasteiger partial charge is 0.506 e. The van der Waals surface area contributed by atoms with Crippen LogP contribution in [0.15, 0.2) is 109 Å². The van der Waals surface area contributed by atoms with Crippen LogP contribution in [0.3, 0.4) is 0 Å². The second-order valence-corrected chi connectivity index (χ2v) is 10.6. The molecule has 0 spiro atoms. The number of benzene rings is 6. The van der Waals surface area contributed by atoms with Crippen LogP contribution in [0, 0.1) is 0 Å². The first-order chi connectivity index (χ1) is 22.4. The van der Waals surface area contributed by atoms with Gasteiger partial charge >= 0.3 is 11.9 Å². The third-order valence-electron chi connectivity index (χ3n) is 7.73. The van der Waals surface area contributed by atoms with Gasteiger partial charge in [-0.15, -0.1) is 0 Å². The topological polar surface area (TPSA) is 112 Å². The van der Waals surface area contributed by atoms with Crippen molar-refractivity contribution in [3.63, 3.8) is 0 Å². The van der Waals surface area contributed by atoms with Crippen molar-refractivity contribution in [3.05, 3.63) is 131 Å². The summed E-state index contributed by atoms with van der Waals surface area (Å²) in [6.45, 7) is 0.587. The maximum Gasteiger partial charge on any atom is 0.341 e. The summed E-state index contributed by atoms with van der Waals surface area (Å²) in [5.41, 5.74) is 1.91. The molecule has 2 N–H and O–H groups in total. The Morgan fingerprint density at radius 3 is 1.30 bits per heavy atom. The molecule has 6 rings (SSSR count). The molecule has 230 valence electrons. The average molecular weight is 615 g/mol. The summed E-state index contributed by atoms with van der Waals surface area (Å²) in [5.74, 6) is -1.44. The highest BCUT2D eigenvalue weighted by Crippen LogP contribution is 2.49. The van der Waals surface area contributed by atoms with Crippen molar-refractivity contribution in [3.8, 4) is 34.1 Å². The van der Waals surface area contributed by atoms with Crippen LogP contribution in [0.25, 0.3) is 32.7 Å². The highest BCUT2D eigenvalue weighted by atomic mass is 16.5. The molecule has 0 aliphatic carbocycles. The second kappa shape index (κ2) is 12.9. The van der Waals surface area contributed by atoms with Crippen molar-refractivity contribution in [1.82, 2.24) is 0 Å². The van der Waals surface area contributed by atoms with Crippen molar-refractivity contribution in [2.24, 2.45) is 0 Å². The molecule has 0 saturated carbocycles. The van der Waals surface area contributed by atoms with E-state index in [4.69, 9.17) is 18.9 Å². The molecule has 0 aromatic heterocycles. The molecule has 0 unspecified atom stereocenters. The van der Waals surface area contributed by atoms with Crippen LogP contribution in [0.4, 0.5) is 0 Å². The van der Waals surface area contributed by atoms with Crippen LogP contribution < -0.4 is 9.47 Å². The van der Waals surface area contributed by atoms with E-state index in [0.717, 1.165) is 11.1 Å². The summed E-state index contributed by atoms with van der Waals surface area (Å²) in [4.78, 5) is 25.7. The molecule has 0 amide bonds. The number of carbonyl (C=O) groups is 2. The van der Waals surface area contributed by atoms with E-state index in [1.54, 1.807) is 36.4 Å². The van der Waals surface area contributed by atoms with Gasteiger partial charge in [-0.3, -0.25) is 0 Å². The molecule has 8 nitrogen and oxygen atoms in total. The monoisotopic (exact) mass is 614 g/mol. The zero-order chi connectivity index (χ0) is 32.2. The van der Waals surface area contributed by atoms with Crippen LogP contribution in [0.1, 0.15) is 31.8 Å². The van der Waals surface area contributed by atoms with Gasteiger partial charge < -0.3 is 29.2 Å². The maximum atomic E-state index is 12.9. The lowest BCUT2D eigenvalue weighted by atomic mass is 9.88. The van der Waals surface area contributed by atoms with E-state index in [0.29, 0.717) is 46.3 Å². The quantitative estimate of drug-likeness (QED) is 0.159. The average Bonchev–Trinajstić information content (AvgIpc) is 3.10. The Morgan fingerprint density at radius 1 is 0.543 bits per heavy atom. The first-order valence-corrected chi connectivity index (χ1v) is 14.5. The van der Waals surface area contributed by atoms with E-state index in [-0.39, 0.29) is 22.3 Å². The lowest BCUT2D eigenvalue weighted by Crippen LogP contribution is -2.05. The fourth-order valence-electron chi connectivity index (χ4n) is 5.43. The molecule has 0 aliphatic rings. The van der Waals surface area contributed by atoms with Gasteiger partial charge in [-0.05, 0) is 69.1 Å². The highest BCUT2D eigenvalue weighted by molar-refractivity contribution is 6.16. The van der Waals surface area contributed by atoms with Crippen LogP contribution in [-0.4, -0.2) is 36.4 Å². The van der Waals surface area contributed by atoms with Crippen LogP contribution >= 0.6 is 0 Å². The lowest BCUT2D eigenvalue weighted by Gasteiger charge is -2.19. The van der Waals surface area contributed by atoms with Crippen molar-refractivity contribution in [2.45, 2.75) is 13.2 Å². The van der Waals surface area contributed by atoms with Gasteiger partial charge in [-0.2, -0.15) is 0 Å². The minimum Gasteiger partial charge on any atom is -0.506 e. The number of rotatable bonds is 9. The third-order valence-corrected chi connectivity index (χ3v) is 7.73. The molecule has 6 aromatic rings. The number of ether oxygens (including phenoxy) is 4. The number of fused-ring (bicyclic) bond motifs is 2. The minimum absolute atomic E-state index is 0.108. The van der Waals surface area contributed by atoms with Crippen molar-refractivity contribution in [1.29, 1.82) is 0 Å². The van der Waals surface area contributed by atoms with Gasteiger partial charge in [-0.1, -0.05) is 72.8 Å². The second-order valence-electron chi connectivity index (χ2n) is 10.6. The van der Waals surface area contributed by atoms with Crippen molar-refractivity contribution in [2.75, 3.05) is 14.2 Å². The van der Waals surface area contributed by atoms with E-state index in [1.807, 2.05) is 60.7 Å². The molecule has 0 saturated heterocycles. The Balaban J connectivity index is 1.59. The predicted molar refractivity (Wildman–Crippen MR) is 174 cm³/mol. The first kappa shape index (κ1) is 30.0. The van der Waals surface area contributed by atoms with Crippen molar-refractivity contribution >= 4 is 33.5 Å². The molecule has 6 aromatic carbocycles. The Kier molecular flexibility index (Phi) is 8.43. The summed E-state index contributed by atoms with van der Waals surface area (Å²) in [6.07, 6.45) is 0. The minimum atomic E-state index is -0.773. The zero-order valence-electron chi connectivity index (χ0n) is 25.2. The van der Waals surface area contributed by atoms with Crippen molar-refractivity contribution < 1.29 is 38.7 Å². The number of carbonyl (C=O) groups excluding carboxylic acids is 2. The number of methoxy groups -OCH3 is 2. The van der Waals surface area contributed by atoms with E-state index in [9.17, 15) is 19.8 Å². The van der Waals surface area contributed by atoms with Gasteiger partial charge in [0.15, 0.2) is 0 Å². The summed E-state index contributed by atoms with van der Waals surface area (Å²) in [7, 11) is 2.43. The molecule has 0 radical (unpaired) electrons. The van der Waals surface area contributed by atoms with Crippen LogP contribution in [0.5, 0.6) is 23.0 Å². The summed E-state index contributed by atoms with van der Waals surface area (Å²) in [6, 6.07) is 32.8. The predicted octanol–water partition coefficient (Wildman–Crippen LogP) is 7.80. The maximum absolute atomic E-state index is 12.9. The normalized spacial score (nSPS) is 10.9. The molecular weight excluding hydrogens is 584 g/mol. The van der Waals surface area contributed by atoms with Gasteiger partial charge in [0.2, 0.25) is 0 Å². The van der Waals surface area contributed by atoms with E-state index < -0.39 is 23.4 Å². The van der Waals surface area contributed by atoms with Gasteiger partial charge in [0.1, 0.15) is 47.3 Å². The number of aromatic hydroxyl groups is 2. The molecule has 0 fully saturated rings. The smallest absolute Gasteiger partial charge is 0.341 e. The van der Waals surface area contributed by atoms with E-state index in [2.05, 4.69) is 0 Å². The fraction of sp³-hybridized carbons (Fsp3) is 0.105. The van der Waals surface area contributed by atoms with Crippen LogP contribution in [0.2, 0.25) is 0 Å². The molecule has 0 heterocycles. The van der Waals surface area contributed by atoms with Gasteiger partial charge in [0, 0.05) is 11.1 Å². The molecule has 0 atom stereocenters. The number of esters is 2. The number of phenols is 2. The SMILES string of the molecule is COC(=O)c1cc2ccc(OCc3ccccc3)cc2c(-c2c(O)c(C(=O)OC)cc3ccc(OCc4ccccc4)cc23)c1O. The fourth-order valence-corrected chi connectivity index (χ4v) is 5.43. The van der Waals surface area contributed by atoms with Gasteiger partial charge in [-0.25, -0.2) is 9.59 Å². The standard InChI is InChI=1S/C38H30O8/c1-43-37(41)31-17-25-13-15-27(45-21-23-9-5-3-6-10-23)19-29(25)33(35(31)39)34-30-20-28(46-22-24-11-7-4-8-12-24)16-14-26(30)18-32(36(34)40)38(42)44-2/h3-20,39-40H,21-22H2,1-2H3. The number of hydrogen-bond acceptors (Lipinski definition) is 8. The highest BCUT2D eigenvalue weighted by Gasteiger charge is 2.27. The van der Waals surface area contributed by atoms with Gasteiger partial charge in [0.25, 0.3) is 0 Å². The Hall–Kier alpha value is -6.02. The van der Waals surface area contributed by atoms with Crippen LogP contribution in [-0.2, 0) is 22.7 Å². The van der Waals surface area contributed by atoms with Gasteiger partial charge in [0.05, 0.1) is 14.2 Å². The summed E-state index contributed by atoms with van der Waals surface area (Å²) < 4.78 is 22.1. The van der Waals surface area contributed by atoms with E-state index >= 15 is 0 Å². The summed E-state index contributed by atoms with van der Waals surface area (Å²) >= 11 is 0. The zero-order valence-corrected chi connectivity index (χ0v) is 25.2. The molecule has 0 aliphatic heterocycles. The molecular formula is C38H30O8. The molecule has 0 bridgehead atoms. The summed E-state index contributed by atoms with van der Waals surface area (Å²) in [5, 5.41) is 25.5.